The molecule has 0 aliphatic rings. The quantitative estimate of drug-likeness (QED) is 0.660. The molecule has 0 aliphatic heterocycles. The van der Waals surface area contributed by atoms with E-state index in [0.717, 1.165) is 12.0 Å². The average Bonchev–Trinajstić information content (AvgIpc) is 2.65. The minimum Gasteiger partial charge on any atom is -0.382 e. The lowest BCUT2D eigenvalue weighted by Gasteiger charge is -2.09. The van der Waals surface area contributed by atoms with Crippen LogP contribution < -0.4 is 16.2 Å². The fourth-order valence-electron chi connectivity index (χ4n) is 2.46. The molecule has 0 fully saturated rings. The number of nitrogens with one attached hydrogen (secondary N) is 2. The second-order valence-corrected chi connectivity index (χ2v) is 6.10. The van der Waals surface area contributed by atoms with E-state index in [1.807, 2.05) is 13.8 Å². The number of carbonyl (C=O) groups excluding carboxylic acids is 2. The molecule has 0 saturated heterocycles. The molecule has 2 N–H and O–H groups in total. The number of carbonyl (C=O) groups is 2. The Balaban J connectivity index is 1.85. The molecule has 7 heteroatoms. The molecule has 144 valence electrons. The van der Waals surface area contributed by atoms with E-state index in [1.165, 1.54) is 10.6 Å². The molecule has 0 aliphatic carbocycles. The Kier molecular flexibility index (Phi) is 7.76. The molecule has 0 unspecified atom stereocenters. The lowest BCUT2D eigenvalue weighted by molar-refractivity contribution is -0.116. The summed E-state index contributed by atoms with van der Waals surface area (Å²) in [5.41, 5.74) is 1.75. The number of aryl methyl sites for hydroxylation is 1. The maximum Gasteiger partial charge on any atom is 0.251 e. The number of benzene rings is 1. The maximum absolute atomic E-state index is 12.1. The summed E-state index contributed by atoms with van der Waals surface area (Å²) in [6.45, 7) is 5.54. The van der Waals surface area contributed by atoms with Crippen molar-refractivity contribution in [2.45, 2.75) is 26.8 Å². The summed E-state index contributed by atoms with van der Waals surface area (Å²) in [5, 5.41) is 5.54. The van der Waals surface area contributed by atoms with Gasteiger partial charge in [-0.15, -0.1) is 0 Å². The molecule has 1 heterocycles. The first-order valence-corrected chi connectivity index (χ1v) is 8.92. The molecular weight excluding hydrogens is 346 g/mol. The standard InChI is InChI=1S/C20H25N3O4/c1-3-27-12-4-11-21-20(26)16-6-8-17(9-7-16)22-18(24)14-23-13-15(2)5-10-19(23)25/h5-10,13H,3-4,11-12,14H2,1-2H3,(H,21,26)(H,22,24). The van der Waals surface area contributed by atoms with Crippen LogP contribution >= 0.6 is 0 Å². The number of aromatic nitrogens is 1. The van der Waals surface area contributed by atoms with Gasteiger partial charge in [0.2, 0.25) is 5.91 Å². The average molecular weight is 371 g/mol. The molecule has 2 aromatic rings. The molecule has 1 aromatic carbocycles. The van der Waals surface area contributed by atoms with E-state index in [0.29, 0.717) is 31.0 Å². The molecule has 0 spiro atoms. The van der Waals surface area contributed by atoms with Crippen LogP contribution in [0.2, 0.25) is 0 Å². The van der Waals surface area contributed by atoms with Crippen molar-refractivity contribution in [2.75, 3.05) is 25.1 Å². The molecule has 0 bridgehead atoms. The maximum atomic E-state index is 12.1. The van der Waals surface area contributed by atoms with Gasteiger partial charge < -0.3 is 19.9 Å². The highest BCUT2D eigenvalue weighted by atomic mass is 16.5. The number of anilines is 1. The highest BCUT2D eigenvalue weighted by molar-refractivity contribution is 5.95. The molecule has 2 amide bonds. The molecule has 7 nitrogen and oxygen atoms in total. The van der Waals surface area contributed by atoms with E-state index >= 15 is 0 Å². The van der Waals surface area contributed by atoms with Gasteiger partial charge in [-0.3, -0.25) is 14.4 Å². The normalized spacial score (nSPS) is 10.4. The molecule has 0 atom stereocenters. The van der Waals surface area contributed by atoms with Crippen molar-refractivity contribution in [3.8, 4) is 0 Å². The van der Waals surface area contributed by atoms with E-state index < -0.39 is 0 Å². The van der Waals surface area contributed by atoms with Gasteiger partial charge in [0.1, 0.15) is 6.54 Å². The Bertz CT molecular complexity index is 828. The lowest BCUT2D eigenvalue weighted by Crippen LogP contribution is -2.27. The number of ether oxygens (including phenoxy) is 1. The third-order valence-electron chi connectivity index (χ3n) is 3.83. The predicted octanol–water partition coefficient (Wildman–Crippen LogP) is 1.95. The van der Waals surface area contributed by atoms with Crippen molar-refractivity contribution in [3.05, 3.63) is 64.1 Å². The number of nitrogens with zero attached hydrogens (tertiary/aromatic N) is 1. The summed E-state index contributed by atoms with van der Waals surface area (Å²) in [7, 11) is 0. The van der Waals surface area contributed by atoms with Gasteiger partial charge >= 0.3 is 0 Å². The van der Waals surface area contributed by atoms with E-state index in [4.69, 9.17) is 4.74 Å². The predicted molar refractivity (Wildman–Crippen MR) is 104 cm³/mol. The van der Waals surface area contributed by atoms with Gasteiger partial charge in [0, 0.05) is 43.3 Å². The number of pyridine rings is 1. The van der Waals surface area contributed by atoms with Gasteiger partial charge in [-0.1, -0.05) is 6.07 Å². The van der Waals surface area contributed by atoms with E-state index in [-0.39, 0.29) is 23.9 Å². The fraction of sp³-hybridized carbons (Fsp3) is 0.350. The van der Waals surface area contributed by atoms with Gasteiger partial charge in [-0.2, -0.15) is 0 Å². The molecule has 27 heavy (non-hydrogen) atoms. The first-order valence-electron chi connectivity index (χ1n) is 8.92. The highest BCUT2D eigenvalue weighted by Gasteiger charge is 2.08. The van der Waals surface area contributed by atoms with Crippen LogP contribution in [0, 0.1) is 6.92 Å². The fourth-order valence-corrected chi connectivity index (χ4v) is 2.46. The van der Waals surface area contributed by atoms with Gasteiger partial charge in [-0.25, -0.2) is 0 Å². The topological polar surface area (TPSA) is 89.4 Å². The summed E-state index contributed by atoms with van der Waals surface area (Å²) in [5.74, 6) is -0.480. The van der Waals surface area contributed by atoms with Gasteiger partial charge in [0.25, 0.3) is 11.5 Å². The first kappa shape index (κ1) is 20.4. The van der Waals surface area contributed by atoms with Crippen LogP contribution in [-0.4, -0.2) is 36.1 Å². The number of hydrogen-bond donors (Lipinski definition) is 2. The van der Waals surface area contributed by atoms with E-state index in [9.17, 15) is 14.4 Å². The molecule has 1 aromatic heterocycles. The van der Waals surface area contributed by atoms with Crippen LogP contribution in [0.1, 0.15) is 29.3 Å². The van der Waals surface area contributed by atoms with Crippen molar-refractivity contribution >= 4 is 17.5 Å². The Morgan fingerprint density at radius 1 is 1.11 bits per heavy atom. The van der Waals surface area contributed by atoms with Gasteiger partial charge in [0.05, 0.1) is 0 Å². The summed E-state index contributed by atoms with van der Waals surface area (Å²) >= 11 is 0. The van der Waals surface area contributed by atoms with Gasteiger partial charge in [-0.05, 0) is 50.1 Å². The zero-order valence-corrected chi connectivity index (χ0v) is 15.7. The minimum atomic E-state index is -0.309. The SMILES string of the molecule is CCOCCCNC(=O)c1ccc(NC(=O)Cn2cc(C)ccc2=O)cc1. The van der Waals surface area contributed by atoms with Crippen LogP contribution in [0.5, 0.6) is 0 Å². The largest absolute Gasteiger partial charge is 0.382 e. The Morgan fingerprint density at radius 2 is 1.85 bits per heavy atom. The van der Waals surface area contributed by atoms with Crippen LogP contribution in [0.15, 0.2) is 47.4 Å². The lowest BCUT2D eigenvalue weighted by atomic mass is 10.2. The summed E-state index contributed by atoms with van der Waals surface area (Å²) in [4.78, 5) is 35.9. The highest BCUT2D eigenvalue weighted by Crippen LogP contribution is 2.10. The van der Waals surface area contributed by atoms with Crippen molar-refractivity contribution in [1.82, 2.24) is 9.88 Å². The van der Waals surface area contributed by atoms with Gasteiger partial charge in [0.15, 0.2) is 0 Å². The first-order chi connectivity index (χ1) is 13.0. The molecule has 2 rings (SSSR count). The zero-order valence-electron chi connectivity index (χ0n) is 15.7. The minimum absolute atomic E-state index is 0.0669. The summed E-state index contributed by atoms with van der Waals surface area (Å²) in [6.07, 6.45) is 2.40. The van der Waals surface area contributed by atoms with Crippen molar-refractivity contribution in [3.63, 3.8) is 0 Å². The Labute approximate surface area is 158 Å². The third kappa shape index (κ3) is 6.71. The second-order valence-electron chi connectivity index (χ2n) is 6.10. The Morgan fingerprint density at radius 3 is 2.56 bits per heavy atom. The van der Waals surface area contributed by atoms with Crippen LogP contribution in [0.25, 0.3) is 0 Å². The monoisotopic (exact) mass is 371 g/mol. The van der Waals surface area contributed by atoms with Crippen molar-refractivity contribution in [2.24, 2.45) is 0 Å². The van der Waals surface area contributed by atoms with Crippen LogP contribution in [0.4, 0.5) is 5.69 Å². The summed E-state index contributed by atoms with van der Waals surface area (Å²) in [6, 6.07) is 9.75. The number of rotatable bonds is 9. The number of hydrogen-bond acceptors (Lipinski definition) is 4. The van der Waals surface area contributed by atoms with E-state index in [1.54, 1.807) is 36.5 Å². The number of amides is 2. The zero-order chi connectivity index (χ0) is 19.6. The molecular formula is C20H25N3O4. The smallest absolute Gasteiger partial charge is 0.251 e. The molecule has 0 saturated carbocycles. The van der Waals surface area contributed by atoms with Crippen molar-refractivity contribution in [1.29, 1.82) is 0 Å². The van der Waals surface area contributed by atoms with E-state index in [2.05, 4.69) is 10.6 Å². The third-order valence-corrected chi connectivity index (χ3v) is 3.83. The molecule has 0 radical (unpaired) electrons. The van der Waals surface area contributed by atoms with Crippen LogP contribution in [-0.2, 0) is 16.1 Å². The Hall–Kier alpha value is -2.93. The second kappa shape index (κ2) is 10.3. The van der Waals surface area contributed by atoms with Crippen molar-refractivity contribution < 1.29 is 14.3 Å². The summed E-state index contributed by atoms with van der Waals surface area (Å²) < 4.78 is 6.57. The van der Waals surface area contributed by atoms with Crippen LogP contribution in [0.3, 0.4) is 0 Å².